The molecule has 1 aliphatic heterocycles. The van der Waals surface area contributed by atoms with E-state index >= 15 is 0 Å². The summed E-state index contributed by atoms with van der Waals surface area (Å²) in [5.74, 6) is -0.0890. The number of rotatable bonds is 6. The molecule has 1 saturated heterocycles. The minimum atomic E-state index is -0.413. The van der Waals surface area contributed by atoms with Crippen molar-refractivity contribution in [2.75, 3.05) is 38.3 Å². The van der Waals surface area contributed by atoms with Gasteiger partial charge in [0, 0.05) is 25.7 Å². The van der Waals surface area contributed by atoms with Gasteiger partial charge in [0.25, 0.3) is 5.91 Å². The first-order valence-electron chi connectivity index (χ1n) is 9.44. The quantitative estimate of drug-likeness (QED) is 0.606. The van der Waals surface area contributed by atoms with E-state index in [4.69, 9.17) is 27.9 Å². The first-order chi connectivity index (χ1) is 14.8. The van der Waals surface area contributed by atoms with Gasteiger partial charge in [-0.1, -0.05) is 36.2 Å². The summed E-state index contributed by atoms with van der Waals surface area (Å²) in [7, 11) is 1.63. The fraction of sp³-hybridized carbons (Fsp3) is 0.286. The standard InChI is InChI=1S/C21H20Cl2N5O2S/c1-12(25)9-17(26-2)27-20(29)19-18(13-3-4-15(22)16(23)10-13)14(11-24)21(31-19)28-5-7-30-8-6-28/h3-4,9-10,26H,5-8H2,1-2H3,(H,27,29)/q-1/b17-9+. The van der Waals surface area contributed by atoms with Crippen molar-refractivity contribution in [3.8, 4) is 17.2 Å². The number of ether oxygens (including phenoxy) is 1. The monoisotopic (exact) mass is 476 g/mol. The number of nitriles is 1. The molecule has 2 heterocycles. The van der Waals surface area contributed by atoms with Crippen LogP contribution in [0.4, 0.5) is 5.00 Å². The number of anilines is 1. The Morgan fingerprint density at radius 2 is 2.03 bits per heavy atom. The van der Waals surface area contributed by atoms with Gasteiger partial charge in [0.05, 0.1) is 28.8 Å². The number of carbonyl (C=O) groups excluding carboxylic acids is 1. The predicted molar refractivity (Wildman–Crippen MR) is 126 cm³/mol. The van der Waals surface area contributed by atoms with Crippen molar-refractivity contribution < 1.29 is 9.53 Å². The van der Waals surface area contributed by atoms with Gasteiger partial charge in [0.2, 0.25) is 0 Å². The molecule has 1 amide bonds. The number of thiophene rings is 1. The third-order valence-corrected chi connectivity index (χ3v) is 6.57. The highest BCUT2D eigenvalue weighted by Crippen LogP contribution is 2.43. The van der Waals surface area contributed by atoms with Crippen LogP contribution in [-0.4, -0.2) is 45.0 Å². The fourth-order valence-electron chi connectivity index (χ4n) is 3.16. The Labute approximate surface area is 194 Å². The van der Waals surface area contributed by atoms with Gasteiger partial charge in [-0.2, -0.15) is 11.0 Å². The predicted octanol–water partition coefficient (Wildman–Crippen LogP) is 4.25. The van der Waals surface area contributed by atoms with Crippen molar-refractivity contribution in [3.05, 3.63) is 56.0 Å². The average Bonchev–Trinajstić information content (AvgIpc) is 3.15. The zero-order valence-corrected chi connectivity index (χ0v) is 19.3. The van der Waals surface area contributed by atoms with E-state index in [2.05, 4.69) is 16.7 Å². The maximum atomic E-state index is 13.2. The Hall–Kier alpha value is -2.57. The molecule has 3 rings (SSSR count). The normalized spacial score (nSPS) is 14.2. The third kappa shape index (κ3) is 5.20. The van der Waals surface area contributed by atoms with E-state index in [1.165, 1.54) is 24.3 Å². The molecule has 2 aromatic rings. The van der Waals surface area contributed by atoms with Crippen LogP contribution in [0.5, 0.6) is 0 Å². The molecule has 10 heteroatoms. The molecule has 0 bridgehead atoms. The largest absolute Gasteiger partial charge is 0.808 e. The highest BCUT2D eigenvalue weighted by molar-refractivity contribution is 7.19. The SMILES string of the molecule is CN/C(=C\C(C)=[N-])NC(=O)c1sc(N2CCOCC2)c(C#N)c1-c1ccc(Cl)c(Cl)c1. The van der Waals surface area contributed by atoms with E-state index in [1.54, 1.807) is 25.2 Å². The second-order valence-electron chi connectivity index (χ2n) is 6.73. The second kappa shape index (κ2) is 10.2. The lowest BCUT2D eigenvalue weighted by atomic mass is 10.0. The number of hydrogen-bond acceptors (Lipinski definition) is 6. The summed E-state index contributed by atoms with van der Waals surface area (Å²) < 4.78 is 5.42. The third-order valence-electron chi connectivity index (χ3n) is 4.59. The number of carbonyl (C=O) groups is 1. The Kier molecular flexibility index (Phi) is 7.57. The summed E-state index contributed by atoms with van der Waals surface area (Å²) in [4.78, 5) is 15.6. The van der Waals surface area contributed by atoms with Crippen molar-refractivity contribution in [3.63, 3.8) is 0 Å². The first-order valence-corrected chi connectivity index (χ1v) is 11.0. The smallest absolute Gasteiger partial charge is 0.267 e. The summed E-state index contributed by atoms with van der Waals surface area (Å²) in [6.07, 6.45) is 1.40. The van der Waals surface area contributed by atoms with E-state index in [0.29, 0.717) is 68.7 Å². The van der Waals surface area contributed by atoms with Crippen molar-refractivity contribution in [2.45, 2.75) is 6.92 Å². The molecule has 0 radical (unpaired) electrons. The Balaban J connectivity index is 2.15. The van der Waals surface area contributed by atoms with E-state index in [0.717, 1.165) is 0 Å². The van der Waals surface area contributed by atoms with Crippen LogP contribution in [0.3, 0.4) is 0 Å². The van der Waals surface area contributed by atoms with Gasteiger partial charge in [-0.25, -0.2) is 0 Å². The van der Waals surface area contributed by atoms with Gasteiger partial charge in [0.1, 0.15) is 21.8 Å². The Morgan fingerprint density at radius 1 is 1.32 bits per heavy atom. The molecule has 162 valence electrons. The van der Waals surface area contributed by atoms with Gasteiger partial charge < -0.3 is 25.7 Å². The molecule has 1 aromatic carbocycles. The minimum Gasteiger partial charge on any atom is -0.808 e. The number of benzene rings is 1. The van der Waals surface area contributed by atoms with Crippen LogP contribution in [0.1, 0.15) is 22.2 Å². The average molecular weight is 477 g/mol. The molecular weight excluding hydrogens is 457 g/mol. The molecule has 0 atom stereocenters. The topological polar surface area (TPSA) is 99.7 Å². The summed E-state index contributed by atoms with van der Waals surface area (Å²) in [5, 5.41) is 26.5. The highest BCUT2D eigenvalue weighted by Gasteiger charge is 2.28. The van der Waals surface area contributed by atoms with Gasteiger partial charge in [0.15, 0.2) is 0 Å². The molecule has 0 saturated carbocycles. The van der Waals surface area contributed by atoms with Crippen LogP contribution < -0.4 is 15.5 Å². The van der Waals surface area contributed by atoms with E-state index in [9.17, 15) is 15.5 Å². The maximum Gasteiger partial charge on any atom is 0.267 e. The minimum absolute atomic E-state index is 0.0345. The number of allylic oxidation sites excluding steroid dienone is 1. The van der Waals surface area contributed by atoms with Gasteiger partial charge in [-0.15, -0.1) is 11.3 Å². The fourth-order valence-corrected chi connectivity index (χ4v) is 4.68. The molecule has 31 heavy (non-hydrogen) atoms. The molecule has 1 aromatic heterocycles. The lowest BCUT2D eigenvalue weighted by molar-refractivity contribution is 0.0968. The lowest BCUT2D eigenvalue weighted by Crippen LogP contribution is -2.36. The van der Waals surface area contributed by atoms with Gasteiger partial charge in [-0.05, 0) is 23.8 Å². The van der Waals surface area contributed by atoms with Crippen LogP contribution in [0.25, 0.3) is 16.5 Å². The Bertz CT molecular complexity index is 1080. The molecule has 0 unspecified atom stereocenters. The number of halogens is 2. The van der Waals surface area contributed by atoms with Crippen LogP contribution in [0, 0.1) is 11.3 Å². The maximum absolute atomic E-state index is 13.2. The molecule has 1 fully saturated rings. The van der Waals surface area contributed by atoms with Gasteiger partial charge >= 0.3 is 0 Å². The summed E-state index contributed by atoms with van der Waals surface area (Å²) in [6.45, 7) is 3.84. The van der Waals surface area contributed by atoms with Crippen LogP contribution in [0.2, 0.25) is 10.0 Å². The van der Waals surface area contributed by atoms with Crippen molar-refractivity contribution >= 4 is 51.2 Å². The molecule has 0 spiro atoms. The first kappa shape index (κ1) is 23.1. The molecular formula is C21H20Cl2N5O2S-. The molecule has 1 aliphatic rings. The summed E-state index contributed by atoms with van der Waals surface area (Å²) in [6, 6.07) is 7.28. The zero-order chi connectivity index (χ0) is 22.5. The number of nitrogens with one attached hydrogen (secondary N) is 2. The van der Waals surface area contributed by atoms with E-state index < -0.39 is 5.91 Å². The highest BCUT2D eigenvalue weighted by atomic mass is 35.5. The molecule has 2 N–H and O–H groups in total. The van der Waals surface area contributed by atoms with Gasteiger partial charge in [-0.3, -0.25) is 4.79 Å². The number of hydrogen-bond donors (Lipinski definition) is 2. The lowest BCUT2D eigenvalue weighted by Gasteiger charge is -2.27. The molecule has 0 aliphatic carbocycles. The number of morpholine rings is 1. The molecule has 7 nitrogen and oxygen atoms in total. The Morgan fingerprint density at radius 3 is 2.61 bits per heavy atom. The number of amides is 1. The van der Waals surface area contributed by atoms with Crippen LogP contribution >= 0.6 is 34.5 Å². The van der Waals surface area contributed by atoms with E-state index in [1.807, 2.05) is 4.90 Å². The van der Waals surface area contributed by atoms with Crippen molar-refractivity contribution in [2.24, 2.45) is 0 Å². The van der Waals surface area contributed by atoms with Crippen LogP contribution in [0.15, 0.2) is 30.1 Å². The number of nitrogens with zero attached hydrogens (tertiary/aromatic N) is 3. The summed E-state index contributed by atoms with van der Waals surface area (Å²) >= 11 is 13.5. The van der Waals surface area contributed by atoms with E-state index in [-0.39, 0.29) is 5.71 Å². The van der Waals surface area contributed by atoms with Crippen molar-refractivity contribution in [1.82, 2.24) is 10.6 Å². The van der Waals surface area contributed by atoms with Crippen LogP contribution in [-0.2, 0) is 4.74 Å². The summed E-state index contributed by atoms with van der Waals surface area (Å²) in [5.41, 5.74) is 1.54. The zero-order valence-electron chi connectivity index (χ0n) is 17.0. The second-order valence-corrected chi connectivity index (χ2v) is 8.54. The van der Waals surface area contributed by atoms with Crippen molar-refractivity contribution in [1.29, 1.82) is 5.26 Å².